The summed E-state index contributed by atoms with van der Waals surface area (Å²) in [6.07, 6.45) is 0. The first-order valence-electron chi connectivity index (χ1n) is 4.31. The molecule has 1 N–H and O–H groups in total. The van der Waals surface area contributed by atoms with Gasteiger partial charge in [-0.25, -0.2) is 0 Å². The number of ether oxygens (including phenoxy) is 1. The number of morpholine rings is 1. The summed E-state index contributed by atoms with van der Waals surface area (Å²) in [7, 11) is 0. The molecule has 0 saturated carbocycles. The topological polar surface area (TPSA) is 32.7 Å². The van der Waals surface area contributed by atoms with Crippen LogP contribution in [-0.2, 0) is 4.74 Å². The predicted molar refractivity (Wildman–Crippen MR) is 48.1 cm³/mol. The first-order chi connectivity index (χ1) is 5.74. The fourth-order valence-electron chi connectivity index (χ4n) is 1.41. The molecule has 3 heteroatoms. The van der Waals surface area contributed by atoms with E-state index in [0.717, 1.165) is 25.3 Å². The van der Waals surface area contributed by atoms with Gasteiger partial charge in [0.05, 0.1) is 25.9 Å². The molecule has 0 bridgehead atoms. The fraction of sp³-hybridized carbons (Fsp3) is 0.778. The van der Waals surface area contributed by atoms with Gasteiger partial charge in [-0.05, 0) is 6.92 Å². The van der Waals surface area contributed by atoms with E-state index in [-0.39, 0.29) is 12.6 Å². The molecule has 1 fully saturated rings. The van der Waals surface area contributed by atoms with Gasteiger partial charge in [0, 0.05) is 13.1 Å². The van der Waals surface area contributed by atoms with Gasteiger partial charge >= 0.3 is 0 Å². The van der Waals surface area contributed by atoms with Crippen LogP contribution in [0.4, 0.5) is 0 Å². The van der Waals surface area contributed by atoms with Crippen molar-refractivity contribution in [2.75, 3.05) is 32.9 Å². The maximum Gasteiger partial charge on any atom is 0.0644 e. The molecule has 0 aliphatic carbocycles. The van der Waals surface area contributed by atoms with Crippen LogP contribution in [0, 0.1) is 0 Å². The van der Waals surface area contributed by atoms with Gasteiger partial charge in [0.15, 0.2) is 0 Å². The largest absolute Gasteiger partial charge is 0.395 e. The van der Waals surface area contributed by atoms with Crippen molar-refractivity contribution in [2.45, 2.75) is 13.0 Å². The molecule has 1 heterocycles. The molecule has 1 saturated heterocycles. The zero-order chi connectivity index (χ0) is 8.97. The molecule has 3 nitrogen and oxygen atoms in total. The van der Waals surface area contributed by atoms with E-state index in [4.69, 9.17) is 9.84 Å². The van der Waals surface area contributed by atoms with Crippen molar-refractivity contribution in [3.8, 4) is 0 Å². The Hall–Kier alpha value is -0.380. The molecule has 0 aromatic carbocycles. The highest BCUT2D eigenvalue weighted by atomic mass is 16.5. The molecule has 1 aliphatic heterocycles. The summed E-state index contributed by atoms with van der Waals surface area (Å²) in [5.41, 5.74) is 1.13. The molecule has 1 atom stereocenters. The number of aliphatic hydroxyl groups is 1. The minimum atomic E-state index is 0.162. The number of hydrogen-bond donors (Lipinski definition) is 1. The predicted octanol–water partition coefficient (Wildman–Crippen LogP) is 0.256. The Morgan fingerprint density at radius 1 is 1.75 bits per heavy atom. The highest BCUT2D eigenvalue weighted by molar-refractivity contribution is 4.94. The molecule has 0 amide bonds. The van der Waals surface area contributed by atoms with Crippen molar-refractivity contribution in [3.63, 3.8) is 0 Å². The second-order valence-corrected chi connectivity index (χ2v) is 3.34. The highest BCUT2D eigenvalue weighted by Gasteiger charge is 2.21. The van der Waals surface area contributed by atoms with Gasteiger partial charge in [-0.1, -0.05) is 12.2 Å². The smallest absolute Gasteiger partial charge is 0.0644 e. The lowest BCUT2D eigenvalue weighted by molar-refractivity contribution is -0.0229. The van der Waals surface area contributed by atoms with Crippen LogP contribution in [-0.4, -0.2) is 49.0 Å². The molecular formula is C9H17NO2. The van der Waals surface area contributed by atoms with Gasteiger partial charge in [-0.3, -0.25) is 4.90 Å². The summed E-state index contributed by atoms with van der Waals surface area (Å²) in [5.74, 6) is 0. The molecule has 0 aromatic rings. The van der Waals surface area contributed by atoms with Crippen LogP contribution in [0.2, 0.25) is 0 Å². The average molecular weight is 171 g/mol. The van der Waals surface area contributed by atoms with E-state index in [2.05, 4.69) is 11.5 Å². The second kappa shape index (κ2) is 4.60. The van der Waals surface area contributed by atoms with Crippen LogP contribution in [0.3, 0.4) is 0 Å². The lowest BCUT2D eigenvalue weighted by Crippen LogP contribution is -2.47. The number of hydrogen-bond acceptors (Lipinski definition) is 3. The summed E-state index contributed by atoms with van der Waals surface area (Å²) in [5, 5.41) is 9.02. The minimum absolute atomic E-state index is 0.162. The van der Waals surface area contributed by atoms with E-state index < -0.39 is 0 Å². The van der Waals surface area contributed by atoms with Crippen LogP contribution < -0.4 is 0 Å². The molecule has 0 radical (unpaired) electrons. The van der Waals surface area contributed by atoms with Crippen molar-refractivity contribution in [2.24, 2.45) is 0 Å². The van der Waals surface area contributed by atoms with Crippen molar-refractivity contribution < 1.29 is 9.84 Å². The summed E-state index contributed by atoms with van der Waals surface area (Å²) in [6.45, 7) is 9.21. The van der Waals surface area contributed by atoms with Crippen molar-refractivity contribution >= 4 is 0 Å². The van der Waals surface area contributed by atoms with Gasteiger partial charge in [0.25, 0.3) is 0 Å². The third-order valence-electron chi connectivity index (χ3n) is 2.03. The standard InChI is InChI=1S/C9H17NO2/c1-8(2)5-10-3-4-12-7-9(10)6-11/h9,11H,1,3-7H2,2H3/t9-/m1/s1. The fourth-order valence-corrected chi connectivity index (χ4v) is 1.41. The normalized spacial score (nSPS) is 25.7. The second-order valence-electron chi connectivity index (χ2n) is 3.34. The molecule has 1 rings (SSSR count). The van der Waals surface area contributed by atoms with Crippen LogP contribution in [0.1, 0.15) is 6.92 Å². The molecule has 0 unspecified atom stereocenters. The van der Waals surface area contributed by atoms with Gasteiger partial charge in [0.1, 0.15) is 0 Å². The van der Waals surface area contributed by atoms with E-state index in [1.807, 2.05) is 6.92 Å². The maximum absolute atomic E-state index is 9.02. The van der Waals surface area contributed by atoms with Crippen molar-refractivity contribution in [1.29, 1.82) is 0 Å². The average Bonchev–Trinajstić information content (AvgIpc) is 2.04. The van der Waals surface area contributed by atoms with Crippen molar-refractivity contribution in [1.82, 2.24) is 4.90 Å². The molecule has 0 spiro atoms. The lowest BCUT2D eigenvalue weighted by Gasteiger charge is -2.34. The molecule has 1 aliphatic rings. The van der Waals surface area contributed by atoms with E-state index >= 15 is 0 Å². The Labute approximate surface area is 73.6 Å². The Balaban J connectivity index is 2.41. The van der Waals surface area contributed by atoms with Crippen LogP contribution >= 0.6 is 0 Å². The van der Waals surface area contributed by atoms with E-state index in [0.29, 0.717) is 6.61 Å². The Morgan fingerprint density at radius 2 is 2.50 bits per heavy atom. The zero-order valence-corrected chi connectivity index (χ0v) is 7.62. The molecule has 12 heavy (non-hydrogen) atoms. The third kappa shape index (κ3) is 2.59. The lowest BCUT2D eigenvalue weighted by atomic mass is 10.2. The SMILES string of the molecule is C=C(C)CN1CCOC[C@H]1CO. The summed E-state index contributed by atoms with van der Waals surface area (Å²) >= 11 is 0. The molecule has 70 valence electrons. The first kappa shape index (κ1) is 9.71. The van der Waals surface area contributed by atoms with Gasteiger partial charge < -0.3 is 9.84 Å². The Kier molecular flexibility index (Phi) is 3.72. The number of aliphatic hydroxyl groups excluding tert-OH is 1. The van der Waals surface area contributed by atoms with Crippen LogP contribution in [0.25, 0.3) is 0 Å². The van der Waals surface area contributed by atoms with Gasteiger partial charge in [-0.2, -0.15) is 0 Å². The Bertz CT molecular complexity index is 159. The van der Waals surface area contributed by atoms with E-state index in [9.17, 15) is 0 Å². The summed E-state index contributed by atoms with van der Waals surface area (Å²) < 4.78 is 5.25. The maximum atomic E-state index is 9.02. The highest BCUT2D eigenvalue weighted by Crippen LogP contribution is 2.07. The van der Waals surface area contributed by atoms with Crippen molar-refractivity contribution in [3.05, 3.63) is 12.2 Å². The monoisotopic (exact) mass is 171 g/mol. The van der Waals surface area contributed by atoms with Gasteiger partial charge in [0.2, 0.25) is 0 Å². The minimum Gasteiger partial charge on any atom is -0.395 e. The van der Waals surface area contributed by atoms with E-state index in [1.54, 1.807) is 0 Å². The Morgan fingerprint density at radius 3 is 3.08 bits per heavy atom. The van der Waals surface area contributed by atoms with Gasteiger partial charge in [-0.15, -0.1) is 0 Å². The van der Waals surface area contributed by atoms with Crippen LogP contribution in [0.5, 0.6) is 0 Å². The number of nitrogens with zero attached hydrogens (tertiary/aromatic N) is 1. The molecule has 0 aromatic heterocycles. The summed E-state index contributed by atoms with van der Waals surface area (Å²) in [4.78, 5) is 2.21. The summed E-state index contributed by atoms with van der Waals surface area (Å²) in [6, 6.07) is 0.162. The first-order valence-corrected chi connectivity index (χ1v) is 4.31. The van der Waals surface area contributed by atoms with E-state index in [1.165, 1.54) is 0 Å². The number of rotatable bonds is 3. The third-order valence-corrected chi connectivity index (χ3v) is 2.03. The quantitative estimate of drug-likeness (QED) is 0.618. The molecular weight excluding hydrogens is 154 g/mol. The zero-order valence-electron chi connectivity index (χ0n) is 7.62. The van der Waals surface area contributed by atoms with Crippen LogP contribution in [0.15, 0.2) is 12.2 Å².